The van der Waals surface area contributed by atoms with E-state index in [0.29, 0.717) is 34.3 Å². The Morgan fingerprint density at radius 1 is 1.38 bits per heavy atom. The molecule has 8 heteroatoms. The zero-order valence-electron chi connectivity index (χ0n) is 13.5. The topological polar surface area (TPSA) is 73.9 Å². The van der Waals surface area contributed by atoms with Gasteiger partial charge in [-0.15, -0.1) is 5.10 Å². The van der Waals surface area contributed by atoms with Crippen LogP contribution in [-0.2, 0) is 0 Å². The molecule has 0 amide bonds. The van der Waals surface area contributed by atoms with E-state index in [2.05, 4.69) is 10.1 Å². The number of rotatable bonds is 6. The smallest absolute Gasteiger partial charge is 0.230 e. The second kappa shape index (κ2) is 6.84. The van der Waals surface area contributed by atoms with E-state index in [0.717, 1.165) is 0 Å². The van der Waals surface area contributed by atoms with Crippen LogP contribution in [0.25, 0.3) is 4.96 Å². The van der Waals surface area contributed by atoms with Crippen LogP contribution in [0, 0.1) is 12.7 Å². The highest BCUT2D eigenvalue weighted by molar-refractivity contribution is 7.17. The van der Waals surface area contributed by atoms with E-state index in [9.17, 15) is 14.6 Å². The van der Waals surface area contributed by atoms with Crippen molar-refractivity contribution in [1.82, 2.24) is 19.5 Å². The Labute approximate surface area is 142 Å². The Balaban J connectivity index is 2.17. The van der Waals surface area contributed by atoms with E-state index in [1.54, 1.807) is 25.1 Å². The molecule has 0 saturated carbocycles. The van der Waals surface area contributed by atoms with Crippen LogP contribution in [0.1, 0.15) is 29.2 Å². The molecule has 1 unspecified atom stereocenters. The summed E-state index contributed by atoms with van der Waals surface area (Å²) in [5.74, 6) is 0.168. The lowest BCUT2D eigenvalue weighted by atomic mass is 10.0. The number of nitrogens with zero attached hydrogens (tertiary/aromatic N) is 4. The molecule has 2 N–H and O–H groups in total. The van der Waals surface area contributed by atoms with Gasteiger partial charge < -0.3 is 10.2 Å². The molecule has 128 valence electrons. The van der Waals surface area contributed by atoms with Crippen molar-refractivity contribution in [2.45, 2.75) is 19.9 Å². The molecule has 24 heavy (non-hydrogen) atoms. The first-order valence-electron chi connectivity index (χ1n) is 7.71. The van der Waals surface area contributed by atoms with Gasteiger partial charge in [-0.2, -0.15) is 4.52 Å². The highest BCUT2D eigenvalue weighted by atomic mass is 32.1. The number of aromatic hydroxyl groups is 1. The Morgan fingerprint density at radius 2 is 2.12 bits per heavy atom. The zero-order valence-corrected chi connectivity index (χ0v) is 14.3. The van der Waals surface area contributed by atoms with Gasteiger partial charge in [0.25, 0.3) is 0 Å². The largest absolute Gasteiger partial charge is 0.492 e. The number of halogens is 1. The molecule has 3 rings (SSSR count). The summed E-state index contributed by atoms with van der Waals surface area (Å²) in [7, 11) is 0. The lowest BCUT2D eigenvalue weighted by Crippen LogP contribution is -2.32. The fourth-order valence-electron chi connectivity index (χ4n) is 2.82. The van der Waals surface area contributed by atoms with Crippen molar-refractivity contribution in [2.24, 2.45) is 0 Å². The number of aryl methyl sites for hydroxylation is 1. The van der Waals surface area contributed by atoms with E-state index >= 15 is 0 Å². The predicted molar refractivity (Wildman–Crippen MR) is 89.8 cm³/mol. The molecule has 0 bridgehead atoms. The molecular weight excluding hydrogens is 331 g/mol. The average Bonchev–Trinajstić information content (AvgIpc) is 3.07. The van der Waals surface area contributed by atoms with E-state index in [4.69, 9.17) is 0 Å². The van der Waals surface area contributed by atoms with Gasteiger partial charge in [0, 0.05) is 12.1 Å². The maximum atomic E-state index is 14.4. The van der Waals surface area contributed by atoms with E-state index in [-0.39, 0.29) is 18.3 Å². The van der Waals surface area contributed by atoms with Crippen LogP contribution >= 0.6 is 11.3 Å². The summed E-state index contributed by atoms with van der Waals surface area (Å²) in [5.41, 5.74) is 0.448. The molecule has 0 aliphatic rings. The van der Waals surface area contributed by atoms with Crippen molar-refractivity contribution in [2.75, 3.05) is 19.7 Å². The number of aliphatic hydroxyl groups excluding tert-OH is 1. The standard InChI is InChI=1S/C16H19FN4O2S/c1-3-20(8-9-22)13(11-6-4-5-7-12(11)17)14-15(23)21-16(24-14)18-10(2)19-21/h4-7,13,22-23H,3,8-9H2,1-2H3. The molecule has 3 aromatic rings. The molecule has 1 atom stereocenters. The fraction of sp³-hybridized carbons (Fsp3) is 0.375. The first kappa shape index (κ1) is 16.8. The van der Waals surface area contributed by atoms with Crippen molar-refractivity contribution < 1.29 is 14.6 Å². The van der Waals surface area contributed by atoms with Crippen molar-refractivity contribution in [3.63, 3.8) is 0 Å². The van der Waals surface area contributed by atoms with Crippen LogP contribution < -0.4 is 0 Å². The predicted octanol–water partition coefficient (Wildman–Crippen LogP) is 2.35. The summed E-state index contributed by atoms with van der Waals surface area (Å²) < 4.78 is 15.8. The number of hydrogen-bond acceptors (Lipinski definition) is 6. The molecule has 0 spiro atoms. The zero-order chi connectivity index (χ0) is 17.3. The molecule has 0 radical (unpaired) electrons. The van der Waals surface area contributed by atoms with Crippen LogP contribution in [0.15, 0.2) is 24.3 Å². The lowest BCUT2D eigenvalue weighted by molar-refractivity contribution is 0.172. The summed E-state index contributed by atoms with van der Waals surface area (Å²) in [5, 5.41) is 24.1. The third-order valence-corrected chi connectivity index (χ3v) is 4.98. The Kier molecular flexibility index (Phi) is 4.79. The van der Waals surface area contributed by atoms with Gasteiger partial charge in [0.1, 0.15) is 11.6 Å². The van der Waals surface area contributed by atoms with Gasteiger partial charge in [-0.05, 0) is 19.5 Å². The van der Waals surface area contributed by atoms with Gasteiger partial charge in [0.2, 0.25) is 10.8 Å². The molecular formula is C16H19FN4O2S. The molecule has 2 heterocycles. The average molecular weight is 350 g/mol. The van der Waals surface area contributed by atoms with E-state index in [1.807, 2.05) is 11.8 Å². The summed E-state index contributed by atoms with van der Waals surface area (Å²) >= 11 is 1.28. The molecule has 0 aliphatic carbocycles. The second-order valence-corrected chi connectivity index (χ2v) is 6.43. The molecule has 2 aromatic heterocycles. The minimum Gasteiger partial charge on any atom is -0.492 e. The lowest BCUT2D eigenvalue weighted by Gasteiger charge is -2.30. The molecule has 0 fully saturated rings. The van der Waals surface area contributed by atoms with Crippen LogP contribution in [0.3, 0.4) is 0 Å². The fourth-order valence-corrected chi connectivity index (χ4v) is 3.98. The molecule has 1 aromatic carbocycles. The minimum absolute atomic E-state index is 0.0414. The highest BCUT2D eigenvalue weighted by Gasteiger charge is 2.30. The van der Waals surface area contributed by atoms with Gasteiger partial charge in [-0.1, -0.05) is 36.5 Å². The minimum atomic E-state index is -0.517. The summed E-state index contributed by atoms with van der Waals surface area (Å²) in [6.07, 6.45) is 0. The number of thiazole rings is 1. The van der Waals surface area contributed by atoms with Gasteiger partial charge >= 0.3 is 0 Å². The Morgan fingerprint density at radius 3 is 2.75 bits per heavy atom. The Hall–Kier alpha value is -2.03. The summed E-state index contributed by atoms with van der Waals surface area (Å²) in [6.45, 7) is 4.58. The highest BCUT2D eigenvalue weighted by Crippen LogP contribution is 2.40. The number of benzene rings is 1. The molecule has 0 aliphatic heterocycles. The van der Waals surface area contributed by atoms with E-state index in [1.165, 1.54) is 21.9 Å². The normalized spacial score (nSPS) is 13.0. The van der Waals surface area contributed by atoms with Crippen LogP contribution in [0.4, 0.5) is 4.39 Å². The van der Waals surface area contributed by atoms with Crippen molar-refractivity contribution in [1.29, 1.82) is 0 Å². The van der Waals surface area contributed by atoms with Crippen LogP contribution in [0.5, 0.6) is 5.88 Å². The molecule has 0 saturated heterocycles. The number of aliphatic hydroxyl groups is 1. The monoisotopic (exact) mass is 350 g/mol. The number of fused-ring (bicyclic) bond motifs is 1. The van der Waals surface area contributed by atoms with Crippen molar-refractivity contribution in [3.05, 3.63) is 46.3 Å². The third kappa shape index (κ3) is 2.88. The molecule has 6 nitrogen and oxygen atoms in total. The van der Waals surface area contributed by atoms with Gasteiger partial charge in [0.05, 0.1) is 17.5 Å². The number of likely N-dealkylation sites (N-methyl/N-ethyl adjacent to an activating group) is 1. The second-order valence-electron chi connectivity index (χ2n) is 5.42. The van der Waals surface area contributed by atoms with Crippen molar-refractivity contribution >= 4 is 16.3 Å². The Bertz CT molecular complexity index is 848. The first-order valence-corrected chi connectivity index (χ1v) is 8.52. The van der Waals surface area contributed by atoms with E-state index < -0.39 is 6.04 Å². The van der Waals surface area contributed by atoms with Crippen LogP contribution in [0.2, 0.25) is 0 Å². The van der Waals surface area contributed by atoms with Gasteiger partial charge in [-0.3, -0.25) is 4.90 Å². The maximum absolute atomic E-state index is 14.4. The number of aromatic nitrogens is 3. The van der Waals surface area contributed by atoms with Gasteiger partial charge in [-0.25, -0.2) is 9.37 Å². The van der Waals surface area contributed by atoms with Gasteiger partial charge in [0.15, 0.2) is 0 Å². The maximum Gasteiger partial charge on any atom is 0.230 e. The summed E-state index contributed by atoms with van der Waals surface area (Å²) in [6, 6.07) is 5.96. The third-order valence-electron chi connectivity index (χ3n) is 3.91. The van der Waals surface area contributed by atoms with Crippen LogP contribution in [-0.4, -0.2) is 49.4 Å². The SMILES string of the molecule is CCN(CCO)C(c1ccccc1F)c1sc2nc(C)nn2c1O. The quantitative estimate of drug-likeness (QED) is 0.714. The first-order chi connectivity index (χ1) is 11.6. The summed E-state index contributed by atoms with van der Waals surface area (Å²) in [4.78, 5) is 7.30. The number of hydrogen-bond donors (Lipinski definition) is 2. The van der Waals surface area contributed by atoms with Crippen molar-refractivity contribution in [3.8, 4) is 5.88 Å².